The summed E-state index contributed by atoms with van der Waals surface area (Å²) < 4.78 is 26.1. The van der Waals surface area contributed by atoms with Gasteiger partial charge in [0.05, 0.1) is 16.2 Å². The highest BCUT2D eigenvalue weighted by atomic mass is 16.8. The summed E-state index contributed by atoms with van der Waals surface area (Å²) in [5.74, 6) is 0.0919. The van der Waals surface area contributed by atoms with Gasteiger partial charge in [0.1, 0.15) is 24.4 Å². The van der Waals surface area contributed by atoms with Gasteiger partial charge in [-0.2, -0.15) is 0 Å². The van der Waals surface area contributed by atoms with E-state index in [4.69, 9.17) is 23.7 Å². The van der Waals surface area contributed by atoms with Gasteiger partial charge < -0.3 is 23.7 Å². The van der Waals surface area contributed by atoms with Crippen LogP contribution in [-0.2, 0) is 38.1 Å². The van der Waals surface area contributed by atoms with Crippen LogP contribution in [0.3, 0.4) is 0 Å². The second kappa shape index (κ2) is 18.3. The normalized spacial score (nSPS) is 21.5. The van der Waals surface area contributed by atoms with E-state index in [0.717, 1.165) is 38.5 Å². The van der Waals surface area contributed by atoms with Gasteiger partial charge in [0.25, 0.3) is 0 Å². The molecule has 0 aromatic heterocycles. The van der Waals surface area contributed by atoms with Gasteiger partial charge in [0.2, 0.25) is 0 Å². The summed E-state index contributed by atoms with van der Waals surface area (Å²) in [7, 11) is 0. The third kappa shape index (κ3) is 12.7. The highest BCUT2D eigenvalue weighted by molar-refractivity contribution is 5.77. The quantitative estimate of drug-likeness (QED) is 0.159. The molecule has 2 atom stereocenters. The van der Waals surface area contributed by atoms with Crippen LogP contribution in [-0.4, -0.2) is 54.6 Å². The number of carbonyl (C=O) groups excluding carboxylic acids is 4. The summed E-state index contributed by atoms with van der Waals surface area (Å²) >= 11 is 0. The number of cyclic esters (lactones) is 2. The summed E-state index contributed by atoms with van der Waals surface area (Å²) in [6.07, 6.45) is 11.3. The lowest BCUT2D eigenvalue weighted by atomic mass is 9.86. The van der Waals surface area contributed by atoms with Crippen molar-refractivity contribution in [3.8, 4) is 0 Å². The van der Waals surface area contributed by atoms with E-state index >= 15 is 0 Å². The van der Waals surface area contributed by atoms with E-state index in [0.29, 0.717) is 12.3 Å². The number of rotatable bonds is 11. The van der Waals surface area contributed by atoms with Crippen LogP contribution in [0.15, 0.2) is 0 Å². The Bertz CT molecular complexity index is 969. The molecule has 0 radical (unpaired) electrons. The Hall–Kier alpha value is -2.32. The van der Waals surface area contributed by atoms with Crippen molar-refractivity contribution in [2.75, 3.05) is 6.61 Å². The molecule has 1 saturated heterocycles. The molecule has 3 fully saturated rings. The number of ether oxygens (including phenoxy) is 5. The van der Waals surface area contributed by atoms with Crippen molar-refractivity contribution in [1.29, 1.82) is 0 Å². The van der Waals surface area contributed by atoms with E-state index < -0.39 is 17.7 Å². The molecule has 0 aromatic carbocycles. The molecule has 9 heteroatoms. The predicted molar refractivity (Wildman–Crippen MR) is 179 cm³/mol. The van der Waals surface area contributed by atoms with Crippen LogP contribution in [0.25, 0.3) is 0 Å². The van der Waals surface area contributed by atoms with Crippen molar-refractivity contribution in [1.82, 2.24) is 0 Å². The topological polar surface area (TPSA) is 114 Å². The van der Waals surface area contributed by atoms with Crippen molar-refractivity contribution in [3.63, 3.8) is 0 Å². The molecule has 1 heterocycles. The number of carbonyl (C=O) groups is 4. The molecule has 0 N–H and O–H groups in total. The van der Waals surface area contributed by atoms with Gasteiger partial charge in [-0.1, -0.05) is 41.0 Å². The lowest BCUT2D eigenvalue weighted by molar-refractivity contribution is -0.175. The molecule has 268 valence electrons. The molecule has 9 nitrogen and oxygen atoms in total. The minimum atomic E-state index is -0.705. The van der Waals surface area contributed by atoms with Gasteiger partial charge in [-0.15, -0.1) is 0 Å². The van der Waals surface area contributed by atoms with Crippen molar-refractivity contribution < 1.29 is 42.9 Å². The molecular weight excluding hydrogens is 588 g/mol. The zero-order valence-electron chi connectivity index (χ0n) is 31.2. The van der Waals surface area contributed by atoms with Crippen LogP contribution in [0.2, 0.25) is 0 Å². The van der Waals surface area contributed by atoms with Crippen molar-refractivity contribution in [2.24, 2.45) is 22.2 Å². The second-order valence-corrected chi connectivity index (χ2v) is 15.5. The average Bonchev–Trinajstić information content (AvgIpc) is 3.62. The van der Waals surface area contributed by atoms with Crippen molar-refractivity contribution >= 4 is 24.1 Å². The Kier molecular flexibility index (Phi) is 16.6. The molecule has 0 aromatic rings. The molecule has 2 saturated carbocycles. The molecule has 0 amide bonds. The van der Waals surface area contributed by atoms with Crippen molar-refractivity contribution in [2.45, 2.75) is 184 Å². The van der Waals surface area contributed by atoms with E-state index in [1.54, 1.807) is 6.92 Å². The Morgan fingerprint density at radius 1 is 0.761 bits per heavy atom. The van der Waals surface area contributed by atoms with E-state index in [9.17, 15) is 19.2 Å². The molecule has 3 rings (SSSR count). The molecule has 0 spiro atoms. The monoisotopic (exact) mass is 654 g/mol. The van der Waals surface area contributed by atoms with E-state index in [1.165, 1.54) is 32.1 Å². The minimum Gasteiger partial charge on any atom is -0.462 e. The second-order valence-electron chi connectivity index (χ2n) is 15.5. The lowest BCUT2D eigenvalue weighted by Crippen LogP contribution is -2.41. The molecule has 46 heavy (non-hydrogen) atoms. The first-order valence-electron chi connectivity index (χ1n) is 17.8. The Morgan fingerprint density at radius 3 is 1.67 bits per heavy atom. The first-order valence-corrected chi connectivity index (χ1v) is 17.8. The van der Waals surface area contributed by atoms with E-state index in [1.807, 2.05) is 62.3 Å². The summed E-state index contributed by atoms with van der Waals surface area (Å²) in [6.45, 7) is 23.6. The number of hydrogen-bond donors (Lipinski definition) is 0. The molecule has 2 aliphatic carbocycles. The van der Waals surface area contributed by atoms with Crippen LogP contribution in [0.1, 0.15) is 160 Å². The fraction of sp³-hybridized carbons (Fsp3) is 0.892. The third-order valence-corrected chi connectivity index (χ3v) is 10.4. The number of esters is 3. The number of hydrogen-bond acceptors (Lipinski definition) is 9. The largest absolute Gasteiger partial charge is 0.509 e. The molecule has 3 aliphatic rings. The molecule has 1 aliphatic heterocycles. The van der Waals surface area contributed by atoms with Crippen molar-refractivity contribution in [3.05, 3.63) is 0 Å². The Balaban J connectivity index is 0.000000346. The van der Waals surface area contributed by atoms with Gasteiger partial charge in [-0.05, 0) is 125 Å². The van der Waals surface area contributed by atoms with Gasteiger partial charge >= 0.3 is 24.1 Å². The van der Waals surface area contributed by atoms with Gasteiger partial charge in [0, 0.05) is 0 Å². The third-order valence-electron chi connectivity index (χ3n) is 10.4. The van der Waals surface area contributed by atoms with Crippen LogP contribution >= 0.6 is 0 Å². The Morgan fingerprint density at radius 2 is 1.24 bits per heavy atom. The molecule has 2 unspecified atom stereocenters. The fourth-order valence-corrected chi connectivity index (χ4v) is 5.02. The molecular formula is C37H66O9. The van der Waals surface area contributed by atoms with Crippen LogP contribution in [0.4, 0.5) is 4.79 Å². The standard InChI is InChI=1S/C14H26O2.C12H22O2.C11H18O5/c1-6-13(4,5)12(15)16-14(11(2)3)9-7-8-10-14;1-4-12(2,3)11(13)14-10-8-6-5-7-9-10;1-5-11(3,4)9(12)14-6-8-7(2)15-10(13)16-8/h11H,6-10H2,1-5H3;10H,4-9H2,1-3H3;7-8H,5-6H2,1-4H3. The van der Waals surface area contributed by atoms with Crippen LogP contribution in [0.5, 0.6) is 0 Å². The Labute approximate surface area is 279 Å². The van der Waals surface area contributed by atoms with E-state index in [2.05, 4.69) is 13.8 Å². The molecule has 0 bridgehead atoms. The van der Waals surface area contributed by atoms with Gasteiger partial charge in [-0.25, -0.2) is 4.79 Å². The van der Waals surface area contributed by atoms with Crippen LogP contribution in [0, 0.1) is 22.2 Å². The maximum atomic E-state index is 12.1. The van der Waals surface area contributed by atoms with Gasteiger partial charge in [0.15, 0.2) is 6.10 Å². The summed E-state index contributed by atoms with van der Waals surface area (Å²) in [4.78, 5) is 46.3. The smallest absolute Gasteiger partial charge is 0.462 e. The lowest BCUT2D eigenvalue weighted by Gasteiger charge is -2.36. The highest BCUT2D eigenvalue weighted by Gasteiger charge is 2.43. The first-order chi connectivity index (χ1) is 21.3. The van der Waals surface area contributed by atoms with E-state index in [-0.39, 0.29) is 53.2 Å². The minimum absolute atomic E-state index is 0.0214. The fourth-order valence-electron chi connectivity index (χ4n) is 5.02. The van der Waals surface area contributed by atoms with Crippen LogP contribution < -0.4 is 0 Å². The summed E-state index contributed by atoms with van der Waals surface area (Å²) in [5, 5.41) is 0. The SMILES string of the molecule is CCC(C)(C)C(=O)OC1(C(C)C)CCCC1.CCC(C)(C)C(=O)OC1CCCCC1.CCC(C)(C)C(=O)OCC1OC(=O)OC1C. The maximum Gasteiger partial charge on any atom is 0.509 e. The summed E-state index contributed by atoms with van der Waals surface area (Å²) in [6, 6.07) is 0. The zero-order valence-corrected chi connectivity index (χ0v) is 31.2. The summed E-state index contributed by atoms with van der Waals surface area (Å²) in [5.41, 5.74) is -1.34. The maximum absolute atomic E-state index is 12.1. The predicted octanol–water partition coefficient (Wildman–Crippen LogP) is 9.12. The first kappa shape index (κ1) is 41.7. The van der Waals surface area contributed by atoms with Gasteiger partial charge in [-0.3, -0.25) is 14.4 Å². The zero-order chi connectivity index (χ0) is 35.3. The average molecular weight is 655 g/mol. The highest BCUT2D eigenvalue weighted by Crippen LogP contribution is 2.41.